The number of allylic oxidation sites excluding steroid dienone is 2. The van der Waals surface area contributed by atoms with Crippen LogP contribution in [0.15, 0.2) is 11.8 Å². The van der Waals surface area contributed by atoms with E-state index in [-0.39, 0.29) is 24.6 Å². The molecule has 3 N–H and O–H groups in total. The van der Waals surface area contributed by atoms with E-state index in [0.717, 1.165) is 6.42 Å². The molecule has 0 saturated carbocycles. The van der Waals surface area contributed by atoms with E-state index in [2.05, 4.69) is 5.32 Å². The molecule has 0 aliphatic heterocycles. The monoisotopic (exact) mass is 215 g/mol. The van der Waals surface area contributed by atoms with Gasteiger partial charge in [-0.05, 0) is 18.9 Å². The molecule has 5 heteroatoms. The minimum absolute atomic E-state index is 0.231. The van der Waals surface area contributed by atoms with E-state index in [4.69, 9.17) is 5.11 Å². The lowest BCUT2D eigenvalue weighted by Crippen LogP contribution is -2.28. The Morgan fingerprint density at radius 2 is 1.93 bits per heavy atom. The molecule has 0 aliphatic carbocycles. The second-order valence-electron chi connectivity index (χ2n) is 3.13. The average molecular weight is 215 g/mol. The van der Waals surface area contributed by atoms with Gasteiger partial charge in [0.1, 0.15) is 6.54 Å². The van der Waals surface area contributed by atoms with Crippen molar-refractivity contribution in [2.24, 2.45) is 0 Å². The first-order chi connectivity index (χ1) is 7.06. The average Bonchev–Trinajstić information content (AvgIpc) is 2.15. The van der Waals surface area contributed by atoms with Gasteiger partial charge in [0.25, 0.3) is 0 Å². The summed E-state index contributed by atoms with van der Waals surface area (Å²) in [6.45, 7) is 1.56. The maximum atomic E-state index is 11.0. The van der Waals surface area contributed by atoms with Crippen LogP contribution in [0.1, 0.15) is 32.6 Å². The Morgan fingerprint density at radius 3 is 2.47 bits per heavy atom. The van der Waals surface area contributed by atoms with E-state index in [0.29, 0.717) is 12.8 Å². The smallest absolute Gasteiger partial charge is 0.322 e. The van der Waals surface area contributed by atoms with Crippen LogP contribution in [0, 0.1) is 0 Å². The van der Waals surface area contributed by atoms with Crippen molar-refractivity contribution in [1.82, 2.24) is 5.32 Å². The molecule has 0 fully saturated rings. The number of carbonyl (C=O) groups is 2. The van der Waals surface area contributed by atoms with Crippen molar-refractivity contribution in [3.63, 3.8) is 0 Å². The van der Waals surface area contributed by atoms with Crippen molar-refractivity contribution < 1.29 is 19.8 Å². The van der Waals surface area contributed by atoms with Gasteiger partial charge in [0.15, 0.2) is 0 Å². The lowest BCUT2D eigenvalue weighted by atomic mass is 10.2. The molecule has 0 saturated heterocycles. The number of aliphatic hydroxyl groups excluding tert-OH is 1. The van der Waals surface area contributed by atoms with Gasteiger partial charge < -0.3 is 15.5 Å². The summed E-state index contributed by atoms with van der Waals surface area (Å²) in [5.41, 5.74) is 0. The van der Waals surface area contributed by atoms with E-state index >= 15 is 0 Å². The van der Waals surface area contributed by atoms with Crippen molar-refractivity contribution in [1.29, 1.82) is 0 Å². The highest BCUT2D eigenvalue weighted by Gasteiger charge is 2.03. The van der Waals surface area contributed by atoms with Gasteiger partial charge in [-0.1, -0.05) is 6.92 Å². The number of rotatable bonds is 7. The van der Waals surface area contributed by atoms with Gasteiger partial charge in [0.05, 0.1) is 5.76 Å². The number of carbonyl (C=O) groups excluding carboxylic acids is 1. The molecule has 0 unspecified atom stereocenters. The molecule has 5 nitrogen and oxygen atoms in total. The third kappa shape index (κ3) is 8.80. The zero-order valence-corrected chi connectivity index (χ0v) is 8.82. The normalized spacial score (nSPS) is 11.1. The first-order valence-electron chi connectivity index (χ1n) is 4.92. The fourth-order valence-electron chi connectivity index (χ4n) is 1.03. The number of carboxylic acid groups (broad SMARTS) is 1. The van der Waals surface area contributed by atoms with Crippen LogP contribution in [0.25, 0.3) is 0 Å². The molecule has 86 valence electrons. The summed E-state index contributed by atoms with van der Waals surface area (Å²) in [5.74, 6) is -1.08. The van der Waals surface area contributed by atoms with Gasteiger partial charge in [0.2, 0.25) is 5.91 Å². The van der Waals surface area contributed by atoms with Crippen LogP contribution in [0.2, 0.25) is 0 Å². The molecular formula is C10H17NO4. The summed E-state index contributed by atoms with van der Waals surface area (Å²) in [7, 11) is 0. The summed E-state index contributed by atoms with van der Waals surface area (Å²) < 4.78 is 0. The Kier molecular flexibility index (Phi) is 7.05. The molecule has 0 atom stereocenters. The Bertz CT molecular complexity index is 248. The summed E-state index contributed by atoms with van der Waals surface area (Å²) in [6.07, 6.45) is 3.66. The lowest BCUT2D eigenvalue weighted by molar-refractivity contribution is -0.137. The predicted molar refractivity (Wildman–Crippen MR) is 55.5 cm³/mol. The molecule has 0 aromatic carbocycles. The molecule has 1 amide bonds. The summed E-state index contributed by atoms with van der Waals surface area (Å²) >= 11 is 0. The second kappa shape index (κ2) is 7.84. The molecule has 0 heterocycles. The zero-order chi connectivity index (χ0) is 11.7. The molecule has 15 heavy (non-hydrogen) atoms. The molecular weight excluding hydrogens is 198 g/mol. The van der Waals surface area contributed by atoms with E-state index in [1.165, 1.54) is 0 Å². The zero-order valence-electron chi connectivity index (χ0n) is 8.82. The van der Waals surface area contributed by atoms with Crippen LogP contribution in [-0.4, -0.2) is 28.6 Å². The van der Waals surface area contributed by atoms with Gasteiger partial charge in [0, 0.05) is 12.8 Å². The molecule has 0 radical (unpaired) electrons. The quantitative estimate of drug-likeness (QED) is 0.557. The molecule has 0 bridgehead atoms. The topological polar surface area (TPSA) is 86.6 Å². The third-order valence-electron chi connectivity index (χ3n) is 1.71. The van der Waals surface area contributed by atoms with E-state index in [1.54, 1.807) is 6.08 Å². The van der Waals surface area contributed by atoms with Crippen LogP contribution in [0.3, 0.4) is 0 Å². The number of hydrogen-bond donors (Lipinski definition) is 3. The van der Waals surface area contributed by atoms with Gasteiger partial charge in [-0.25, -0.2) is 0 Å². The van der Waals surface area contributed by atoms with Gasteiger partial charge >= 0.3 is 5.97 Å². The van der Waals surface area contributed by atoms with Crippen LogP contribution < -0.4 is 5.32 Å². The maximum absolute atomic E-state index is 11.0. The van der Waals surface area contributed by atoms with E-state index in [1.807, 2.05) is 6.92 Å². The van der Waals surface area contributed by atoms with Crippen molar-refractivity contribution in [2.45, 2.75) is 32.6 Å². The minimum atomic E-state index is -1.06. The van der Waals surface area contributed by atoms with Gasteiger partial charge in [-0.2, -0.15) is 0 Å². The maximum Gasteiger partial charge on any atom is 0.322 e. The standard InChI is InChI=1S/C10H17NO4/c1-2-4-8(12)5-3-6-9(13)11-7-10(14)15/h4,12H,2-3,5-7H2,1H3,(H,11,13)(H,14,15)/b8-4-. The molecule has 0 rings (SSSR count). The number of aliphatic hydroxyl groups is 1. The Hall–Kier alpha value is -1.52. The first-order valence-corrected chi connectivity index (χ1v) is 4.92. The highest BCUT2D eigenvalue weighted by molar-refractivity contribution is 5.80. The van der Waals surface area contributed by atoms with Crippen molar-refractivity contribution in [2.75, 3.05) is 6.54 Å². The fourth-order valence-corrected chi connectivity index (χ4v) is 1.03. The number of aliphatic carboxylic acids is 1. The van der Waals surface area contributed by atoms with Crippen LogP contribution in [-0.2, 0) is 9.59 Å². The molecule has 0 aromatic rings. The van der Waals surface area contributed by atoms with Gasteiger partial charge in [-0.15, -0.1) is 0 Å². The number of carboxylic acids is 1. The largest absolute Gasteiger partial charge is 0.513 e. The van der Waals surface area contributed by atoms with Crippen molar-refractivity contribution in [3.05, 3.63) is 11.8 Å². The molecule has 0 aliphatic rings. The predicted octanol–water partition coefficient (Wildman–Crippen LogP) is 1.21. The van der Waals surface area contributed by atoms with Crippen molar-refractivity contribution >= 4 is 11.9 Å². The highest BCUT2D eigenvalue weighted by atomic mass is 16.4. The van der Waals surface area contributed by atoms with Crippen LogP contribution in [0.5, 0.6) is 0 Å². The van der Waals surface area contributed by atoms with Crippen LogP contribution >= 0.6 is 0 Å². The number of amides is 1. The highest BCUT2D eigenvalue weighted by Crippen LogP contribution is 2.04. The number of nitrogens with one attached hydrogen (secondary N) is 1. The summed E-state index contributed by atoms with van der Waals surface area (Å²) in [5, 5.41) is 19.7. The fraction of sp³-hybridized carbons (Fsp3) is 0.600. The van der Waals surface area contributed by atoms with Gasteiger partial charge in [-0.3, -0.25) is 9.59 Å². The number of hydrogen-bond acceptors (Lipinski definition) is 3. The minimum Gasteiger partial charge on any atom is -0.513 e. The van der Waals surface area contributed by atoms with E-state index in [9.17, 15) is 14.7 Å². The lowest BCUT2D eigenvalue weighted by Gasteiger charge is -2.02. The van der Waals surface area contributed by atoms with Crippen LogP contribution in [0.4, 0.5) is 0 Å². The Labute approximate surface area is 88.8 Å². The third-order valence-corrected chi connectivity index (χ3v) is 1.71. The van der Waals surface area contributed by atoms with Crippen molar-refractivity contribution in [3.8, 4) is 0 Å². The summed E-state index contributed by atoms with van der Waals surface area (Å²) in [6, 6.07) is 0. The summed E-state index contributed by atoms with van der Waals surface area (Å²) in [4.78, 5) is 21.1. The van der Waals surface area contributed by atoms with E-state index < -0.39 is 5.97 Å². The SMILES string of the molecule is CC/C=C(\O)CCCC(=O)NCC(=O)O. The second-order valence-corrected chi connectivity index (χ2v) is 3.13. The molecule has 0 spiro atoms. The molecule has 0 aromatic heterocycles. The Morgan fingerprint density at radius 1 is 1.27 bits per heavy atom. The Balaban J connectivity index is 3.55. The first kappa shape index (κ1) is 13.5.